The van der Waals surface area contributed by atoms with Crippen LogP contribution in [-0.4, -0.2) is 23.4 Å². The monoisotopic (exact) mass is 515 g/mol. The molecule has 4 aromatic carbocycles. The third kappa shape index (κ3) is 8.35. The number of hydrogen-bond donors (Lipinski definition) is 2. The van der Waals surface area contributed by atoms with Gasteiger partial charge in [-0.2, -0.15) is 0 Å². The zero-order chi connectivity index (χ0) is 25.9. The highest BCUT2D eigenvalue weighted by Gasteiger charge is 2.29. The zero-order valence-corrected chi connectivity index (χ0v) is 21.3. The second-order valence-electron chi connectivity index (χ2n) is 8.68. The van der Waals surface area contributed by atoms with Crippen molar-refractivity contribution in [3.8, 4) is 22.6 Å². The van der Waals surface area contributed by atoms with E-state index < -0.39 is 13.6 Å². The van der Waals surface area contributed by atoms with Crippen molar-refractivity contribution >= 4 is 13.6 Å². The van der Waals surface area contributed by atoms with Crippen LogP contribution in [0.3, 0.4) is 0 Å². The Morgan fingerprint density at radius 3 is 1.73 bits per heavy atom. The Balaban J connectivity index is 1.48. The van der Waals surface area contributed by atoms with Gasteiger partial charge in [-0.05, 0) is 53.8 Å². The first-order valence-corrected chi connectivity index (χ1v) is 13.9. The Bertz CT molecular complexity index is 1250. The van der Waals surface area contributed by atoms with Crippen molar-refractivity contribution in [2.45, 2.75) is 25.3 Å². The third-order valence-electron chi connectivity index (χ3n) is 5.80. The van der Waals surface area contributed by atoms with Crippen molar-refractivity contribution in [2.24, 2.45) is 0 Å². The van der Waals surface area contributed by atoms with Gasteiger partial charge in [-0.1, -0.05) is 91.0 Å². The Labute approximate surface area is 217 Å². The van der Waals surface area contributed by atoms with Gasteiger partial charge in [-0.25, -0.2) is 4.57 Å². The van der Waals surface area contributed by atoms with Gasteiger partial charge >= 0.3 is 13.6 Å². The molecule has 190 valence electrons. The molecule has 0 aliphatic carbocycles. The van der Waals surface area contributed by atoms with Gasteiger partial charge in [0, 0.05) is 12.5 Å². The van der Waals surface area contributed by atoms with Crippen molar-refractivity contribution in [2.75, 3.05) is 6.29 Å². The lowest BCUT2D eigenvalue weighted by Crippen LogP contribution is -2.34. The lowest BCUT2D eigenvalue weighted by molar-refractivity contribution is -0.137. The van der Waals surface area contributed by atoms with E-state index in [2.05, 4.69) is 29.6 Å². The number of benzene rings is 4. The summed E-state index contributed by atoms with van der Waals surface area (Å²) in [6.07, 6.45) is 0.845. The van der Waals surface area contributed by atoms with E-state index in [-0.39, 0.29) is 18.7 Å². The molecule has 0 spiro atoms. The molecule has 4 aromatic rings. The standard InChI is InChI=1S/C30H30NO5P/c32-30(33)21-20-27(22-24-16-18-26(19-17-24)25-10-4-1-5-11-25)31-23-37(34,35-28-12-6-2-7-13-28)36-29-14-8-3-9-15-29/h1-19,27,31H,20-23H2,(H,32,33)/t27-/m0/s1. The summed E-state index contributed by atoms with van der Waals surface area (Å²) < 4.78 is 25.5. The van der Waals surface area contributed by atoms with Crippen molar-refractivity contribution in [1.29, 1.82) is 0 Å². The maximum absolute atomic E-state index is 13.8. The first-order valence-electron chi connectivity index (χ1n) is 12.2. The summed E-state index contributed by atoms with van der Waals surface area (Å²) in [4.78, 5) is 11.3. The van der Waals surface area contributed by atoms with Crippen LogP contribution < -0.4 is 14.4 Å². The number of aliphatic carboxylic acids is 1. The average Bonchev–Trinajstić information content (AvgIpc) is 2.92. The van der Waals surface area contributed by atoms with E-state index >= 15 is 0 Å². The van der Waals surface area contributed by atoms with Crippen LogP contribution in [0.5, 0.6) is 11.5 Å². The van der Waals surface area contributed by atoms with E-state index in [1.165, 1.54) is 0 Å². The van der Waals surface area contributed by atoms with Gasteiger partial charge in [0.25, 0.3) is 0 Å². The highest BCUT2D eigenvalue weighted by Crippen LogP contribution is 2.47. The average molecular weight is 516 g/mol. The zero-order valence-electron chi connectivity index (χ0n) is 20.4. The summed E-state index contributed by atoms with van der Waals surface area (Å²) in [5.41, 5.74) is 3.29. The fraction of sp³-hybridized carbons (Fsp3) is 0.167. The molecule has 37 heavy (non-hydrogen) atoms. The van der Waals surface area contributed by atoms with Crippen LogP contribution in [0.25, 0.3) is 11.1 Å². The molecule has 1 atom stereocenters. The van der Waals surface area contributed by atoms with Gasteiger partial charge in [-0.3, -0.25) is 4.79 Å². The van der Waals surface area contributed by atoms with Crippen molar-refractivity contribution in [3.05, 3.63) is 121 Å². The second-order valence-corrected chi connectivity index (χ2v) is 10.6. The van der Waals surface area contributed by atoms with Crippen LogP contribution in [-0.2, 0) is 15.8 Å². The summed E-state index contributed by atoms with van der Waals surface area (Å²) in [5, 5.41) is 12.6. The summed E-state index contributed by atoms with van der Waals surface area (Å²) in [7, 11) is -3.68. The van der Waals surface area contributed by atoms with Crippen molar-refractivity contribution in [3.63, 3.8) is 0 Å². The summed E-state index contributed by atoms with van der Waals surface area (Å²) in [6.45, 7) is 0. The molecular weight excluding hydrogens is 485 g/mol. The molecule has 6 nitrogen and oxygen atoms in total. The van der Waals surface area contributed by atoms with Gasteiger partial charge in [0.1, 0.15) is 17.8 Å². The predicted molar refractivity (Wildman–Crippen MR) is 146 cm³/mol. The first kappa shape index (κ1) is 26.2. The largest absolute Gasteiger partial charge is 0.481 e. The molecule has 0 aromatic heterocycles. The van der Waals surface area contributed by atoms with E-state index in [0.29, 0.717) is 24.3 Å². The number of carboxylic acids is 1. The molecule has 0 bridgehead atoms. The van der Waals surface area contributed by atoms with E-state index in [4.69, 9.17) is 9.05 Å². The Kier molecular flexibility index (Phi) is 9.14. The highest BCUT2D eigenvalue weighted by molar-refractivity contribution is 7.54. The molecule has 0 unspecified atom stereocenters. The first-order chi connectivity index (χ1) is 18.0. The molecule has 2 N–H and O–H groups in total. The number of nitrogens with one attached hydrogen (secondary N) is 1. The van der Waals surface area contributed by atoms with Crippen LogP contribution in [0.2, 0.25) is 0 Å². The van der Waals surface area contributed by atoms with Gasteiger partial charge in [-0.15, -0.1) is 0 Å². The van der Waals surface area contributed by atoms with Crippen molar-refractivity contribution < 1.29 is 23.5 Å². The van der Waals surface area contributed by atoms with Crippen LogP contribution in [0.15, 0.2) is 115 Å². The Morgan fingerprint density at radius 1 is 0.730 bits per heavy atom. The molecule has 0 aliphatic heterocycles. The van der Waals surface area contributed by atoms with E-state index in [1.807, 2.05) is 42.5 Å². The summed E-state index contributed by atoms with van der Waals surface area (Å²) in [5.74, 6) is -0.0141. The third-order valence-corrected chi connectivity index (χ3v) is 7.35. The Hall–Kier alpha value is -3.86. The number of carboxylic acid groups (broad SMARTS) is 1. The molecule has 0 heterocycles. The summed E-state index contributed by atoms with van der Waals surface area (Å²) >= 11 is 0. The lowest BCUT2D eigenvalue weighted by Gasteiger charge is -2.24. The van der Waals surface area contributed by atoms with Crippen LogP contribution in [0, 0.1) is 0 Å². The van der Waals surface area contributed by atoms with Gasteiger partial charge in [0.2, 0.25) is 0 Å². The number of carbonyl (C=O) groups is 1. The smallest absolute Gasteiger partial charge is 0.444 e. The molecule has 0 amide bonds. The maximum atomic E-state index is 13.8. The normalized spacial score (nSPS) is 12.0. The quantitative estimate of drug-likeness (QED) is 0.186. The van der Waals surface area contributed by atoms with Crippen LogP contribution in [0.1, 0.15) is 18.4 Å². The van der Waals surface area contributed by atoms with E-state index in [9.17, 15) is 14.5 Å². The molecule has 0 fully saturated rings. The van der Waals surface area contributed by atoms with Crippen molar-refractivity contribution in [1.82, 2.24) is 5.32 Å². The molecule has 0 radical (unpaired) electrons. The Morgan fingerprint density at radius 2 is 1.22 bits per heavy atom. The SMILES string of the molecule is O=C(O)CC[C@@H](Cc1ccc(-c2ccccc2)cc1)NCP(=O)(Oc1ccccc1)Oc1ccccc1. The molecule has 0 saturated heterocycles. The molecule has 0 saturated carbocycles. The number of para-hydroxylation sites is 2. The number of hydrogen-bond acceptors (Lipinski definition) is 5. The lowest BCUT2D eigenvalue weighted by atomic mass is 9.99. The second kappa shape index (κ2) is 12.9. The maximum Gasteiger partial charge on any atom is 0.444 e. The summed E-state index contributed by atoms with van der Waals surface area (Å²) in [6, 6.07) is 35.8. The molecule has 7 heteroatoms. The predicted octanol–water partition coefficient (Wildman–Crippen LogP) is 7.03. The van der Waals surface area contributed by atoms with Gasteiger partial charge < -0.3 is 19.5 Å². The topological polar surface area (TPSA) is 84.9 Å². The van der Waals surface area contributed by atoms with E-state index in [0.717, 1.165) is 16.7 Å². The molecule has 0 aliphatic rings. The fourth-order valence-corrected chi connectivity index (χ4v) is 5.46. The van der Waals surface area contributed by atoms with Gasteiger partial charge in [0.05, 0.1) is 0 Å². The van der Waals surface area contributed by atoms with E-state index in [1.54, 1.807) is 48.5 Å². The highest BCUT2D eigenvalue weighted by atomic mass is 31.2. The minimum Gasteiger partial charge on any atom is -0.481 e. The molecular formula is C30H30NO5P. The van der Waals surface area contributed by atoms with Gasteiger partial charge in [0.15, 0.2) is 0 Å². The van der Waals surface area contributed by atoms with Crippen LogP contribution >= 0.6 is 7.60 Å². The minimum atomic E-state index is -3.68. The fourth-order valence-electron chi connectivity index (χ4n) is 3.93. The minimum absolute atomic E-state index is 0.0108. The van der Waals surface area contributed by atoms with Crippen LogP contribution in [0.4, 0.5) is 0 Å². The number of rotatable bonds is 13. The molecule has 4 rings (SSSR count).